The van der Waals surface area contributed by atoms with Gasteiger partial charge in [0.15, 0.2) is 5.78 Å². The van der Waals surface area contributed by atoms with Gasteiger partial charge in [0.25, 0.3) is 0 Å². The second-order valence-corrected chi connectivity index (χ2v) is 8.79. The number of carbonyl (C=O) groups is 2. The first-order chi connectivity index (χ1) is 13.3. The van der Waals surface area contributed by atoms with Gasteiger partial charge in [-0.1, -0.05) is 60.7 Å². The maximum absolute atomic E-state index is 13.4. The number of hydrogen-bond acceptors (Lipinski definition) is 4. The number of fused-ring (bicyclic) bond motifs is 2. The summed E-state index contributed by atoms with van der Waals surface area (Å²) in [5.41, 5.74) is -1.02. The van der Waals surface area contributed by atoms with Crippen LogP contribution in [-0.4, -0.2) is 23.0 Å². The van der Waals surface area contributed by atoms with Crippen molar-refractivity contribution in [1.82, 2.24) is 0 Å². The van der Waals surface area contributed by atoms with E-state index in [4.69, 9.17) is 9.47 Å². The third-order valence-corrected chi connectivity index (χ3v) is 5.76. The highest BCUT2D eigenvalue weighted by atomic mass is 16.6. The number of rotatable bonds is 3. The quantitative estimate of drug-likeness (QED) is 0.582. The Balaban J connectivity index is 1.86. The summed E-state index contributed by atoms with van der Waals surface area (Å²) in [5, 5.41) is 0. The zero-order valence-corrected chi connectivity index (χ0v) is 16.6. The van der Waals surface area contributed by atoms with E-state index in [1.54, 1.807) is 0 Å². The first-order valence-electron chi connectivity index (χ1n) is 9.84. The van der Waals surface area contributed by atoms with Crippen LogP contribution in [-0.2, 0) is 24.7 Å². The number of hydrogen-bond donors (Lipinski definition) is 0. The van der Waals surface area contributed by atoms with Crippen LogP contribution >= 0.6 is 0 Å². The van der Waals surface area contributed by atoms with Gasteiger partial charge in [0, 0.05) is 12.3 Å². The molecule has 2 aromatic carbocycles. The van der Waals surface area contributed by atoms with Gasteiger partial charge in [-0.3, -0.25) is 4.79 Å². The molecular formula is C24H26O4. The van der Waals surface area contributed by atoms with Gasteiger partial charge in [-0.25, -0.2) is 4.79 Å². The number of carbonyl (C=O) groups excluding carboxylic acids is 2. The van der Waals surface area contributed by atoms with Crippen molar-refractivity contribution in [2.75, 3.05) is 0 Å². The molecule has 2 saturated heterocycles. The monoisotopic (exact) mass is 378 g/mol. The second kappa shape index (κ2) is 6.56. The van der Waals surface area contributed by atoms with E-state index in [1.807, 2.05) is 81.4 Å². The van der Waals surface area contributed by atoms with Crippen molar-refractivity contribution in [3.05, 3.63) is 71.8 Å². The largest absolute Gasteiger partial charge is 0.457 e. The molecule has 2 bridgehead atoms. The Kier molecular flexibility index (Phi) is 4.42. The van der Waals surface area contributed by atoms with Gasteiger partial charge >= 0.3 is 5.97 Å². The summed E-state index contributed by atoms with van der Waals surface area (Å²) in [6.45, 7) is 5.43. The summed E-state index contributed by atoms with van der Waals surface area (Å²) in [6, 6.07) is 19.6. The molecule has 0 aromatic heterocycles. The highest BCUT2D eigenvalue weighted by molar-refractivity contribution is 6.09. The van der Waals surface area contributed by atoms with Gasteiger partial charge in [0.1, 0.15) is 5.60 Å². The smallest absolute Gasteiger partial charge is 0.347 e. The average Bonchev–Trinajstić information content (AvgIpc) is 2.98. The Bertz CT molecular complexity index is 884. The minimum atomic E-state index is -1.59. The number of ketones is 1. The zero-order valence-electron chi connectivity index (χ0n) is 16.6. The average molecular weight is 378 g/mol. The molecule has 0 unspecified atom stereocenters. The van der Waals surface area contributed by atoms with Crippen LogP contribution in [0.25, 0.3) is 0 Å². The Hall–Kier alpha value is -2.46. The third-order valence-electron chi connectivity index (χ3n) is 5.76. The molecule has 4 heteroatoms. The normalized spacial score (nSPS) is 29.5. The standard InChI is InChI=1S/C24H26O4/c1-22(2,3)27-21(26)24-19(17-10-6-4-7-11-17)16-23(28-24,15-14-20(24)25)18-12-8-5-9-13-18/h4-13,19H,14-16H2,1-3H3/t19-,23+,24+/m0/s1. The molecule has 2 heterocycles. The molecule has 0 spiro atoms. The fourth-order valence-corrected chi connectivity index (χ4v) is 4.55. The van der Waals surface area contributed by atoms with Crippen LogP contribution in [0.5, 0.6) is 0 Å². The summed E-state index contributed by atoms with van der Waals surface area (Å²) in [7, 11) is 0. The van der Waals surface area contributed by atoms with Crippen molar-refractivity contribution < 1.29 is 19.1 Å². The van der Waals surface area contributed by atoms with Crippen molar-refractivity contribution >= 4 is 11.8 Å². The SMILES string of the molecule is CC(C)(C)OC(=O)[C@]12O[C@](c3ccccc3)(CCC1=O)C[C@H]2c1ccccc1. The second-order valence-electron chi connectivity index (χ2n) is 8.79. The topological polar surface area (TPSA) is 52.6 Å². The molecule has 0 aliphatic carbocycles. The first kappa shape index (κ1) is 18.9. The maximum atomic E-state index is 13.4. The summed E-state index contributed by atoms with van der Waals surface area (Å²) >= 11 is 0. The lowest BCUT2D eigenvalue weighted by molar-refractivity contribution is -0.202. The number of Topliss-reactive ketones (excluding diaryl/α,β-unsaturated/α-hetero) is 1. The van der Waals surface area contributed by atoms with Crippen LogP contribution < -0.4 is 0 Å². The molecule has 28 heavy (non-hydrogen) atoms. The zero-order chi connectivity index (χ0) is 20.0. The van der Waals surface area contributed by atoms with Crippen molar-refractivity contribution in [1.29, 1.82) is 0 Å². The minimum absolute atomic E-state index is 0.181. The fourth-order valence-electron chi connectivity index (χ4n) is 4.55. The number of esters is 1. The van der Waals surface area contributed by atoms with Gasteiger partial charge in [0.2, 0.25) is 5.60 Å². The molecule has 2 fully saturated rings. The lowest BCUT2D eigenvalue weighted by Crippen LogP contribution is -2.56. The summed E-state index contributed by atoms with van der Waals surface area (Å²) in [4.78, 5) is 26.6. The van der Waals surface area contributed by atoms with E-state index < -0.39 is 22.8 Å². The molecular weight excluding hydrogens is 352 g/mol. The van der Waals surface area contributed by atoms with Crippen LogP contribution in [0, 0.1) is 0 Å². The Morgan fingerprint density at radius 2 is 1.64 bits per heavy atom. The molecule has 2 aromatic rings. The van der Waals surface area contributed by atoms with Crippen LogP contribution in [0.1, 0.15) is 57.1 Å². The molecule has 146 valence electrons. The molecule has 0 N–H and O–H groups in total. The minimum Gasteiger partial charge on any atom is -0.457 e. The van der Waals surface area contributed by atoms with Crippen LogP contribution in [0.15, 0.2) is 60.7 Å². The van der Waals surface area contributed by atoms with Gasteiger partial charge < -0.3 is 9.47 Å². The van der Waals surface area contributed by atoms with Gasteiger partial charge in [0.05, 0.1) is 5.60 Å². The predicted molar refractivity (Wildman–Crippen MR) is 106 cm³/mol. The summed E-state index contributed by atoms with van der Waals surface area (Å²) in [6.07, 6.45) is 1.45. The highest BCUT2D eigenvalue weighted by Crippen LogP contribution is 2.59. The van der Waals surface area contributed by atoms with Crippen LogP contribution in [0.3, 0.4) is 0 Å². The van der Waals surface area contributed by atoms with E-state index in [9.17, 15) is 9.59 Å². The van der Waals surface area contributed by atoms with Crippen molar-refractivity contribution in [2.45, 2.75) is 62.8 Å². The summed E-state index contributed by atoms with van der Waals surface area (Å²) < 4.78 is 12.2. The molecule has 3 atom stereocenters. The lowest BCUT2D eigenvalue weighted by Gasteiger charge is -2.40. The van der Waals surface area contributed by atoms with E-state index in [1.165, 1.54) is 0 Å². The lowest BCUT2D eigenvalue weighted by atomic mass is 9.78. The predicted octanol–water partition coefficient (Wildman–Crippen LogP) is 4.53. The molecule has 4 nitrogen and oxygen atoms in total. The molecule has 4 rings (SSSR count). The van der Waals surface area contributed by atoms with Gasteiger partial charge in [-0.15, -0.1) is 0 Å². The first-order valence-corrected chi connectivity index (χ1v) is 9.84. The maximum Gasteiger partial charge on any atom is 0.347 e. The molecule has 0 radical (unpaired) electrons. The Morgan fingerprint density at radius 3 is 2.25 bits per heavy atom. The third kappa shape index (κ3) is 2.96. The highest BCUT2D eigenvalue weighted by Gasteiger charge is 2.68. The van der Waals surface area contributed by atoms with Crippen molar-refractivity contribution in [2.24, 2.45) is 0 Å². The molecule has 2 aliphatic rings. The van der Waals surface area contributed by atoms with Gasteiger partial charge in [-0.05, 0) is 44.7 Å². The van der Waals surface area contributed by atoms with E-state index in [0.29, 0.717) is 19.3 Å². The number of ether oxygens (including phenoxy) is 2. The summed E-state index contributed by atoms with van der Waals surface area (Å²) in [5.74, 6) is -1.13. The molecule has 0 saturated carbocycles. The number of benzene rings is 2. The Morgan fingerprint density at radius 1 is 1.04 bits per heavy atom. The fraction of sp³-hybridized carbons (Fsp3) is 0.417. The van der Waals surface area contributed by atoms with Crippen molar-refractivity contribution in [3.8, 4) is 0 Å². The Labute approximate surface area is 165 Å². The van der Waals surface area contributed by atoms with Gasteiger partial charge in [-0.2, -0.15) is 0 Å². The van der Waals surface area contributed by atoms with Crippen LogP contribution in [0.2, 0.25) is 0 Å². The molecule has 0 amide bonds. The van der Waals surface area contributed by atoms with Crippen LogP contribution in [0.4, 0.5) is 0 Å². The van der Waals surface area contributed by atoms with E-state index >= 15 is 0 Å². The van der Waals surface area contributed by atoms with E-state index in [-0.39, 0.29) is 11.7 Å². The van der Waals surface area contributed by atoms with E-state index in [0.717, 1.165) is 11.1 Å². The van der Waals surface area contributed by atoms with E-state index in [2.05, 4.69) is 0 Å². The van der Waals surface area contributed by atoms with Crippen molar-refractivity contribution in [3.63, 3.8) is 0 Å². The molecule has 2 aliphatic heterocycles.